The molecule has 0 spiro atoms. The van der Waals surface area contributed by atoms with Gasteiger partial charge in [-0.2, -0.15) is 0 Å². The minimum absolute atomic E-state index is 0.0727. The summed E-state index contributed by atoms with van der Waals surface area (Å²) in [4.78, 5) is 14.6. The molecule has 0 saturated carbocycles. The standard InChI is InChI=1S/C35H33F5N2O4/c1-20(23-6-4-3-5-7-23)42(2)18-26-16-27(24-12-10-22(19-43)11-13-24)46-35(45-26)25-14-8-21(9-15-25)17-41-34(44)28-29(36)31(38)33(40)32(39)30(28)37/h3-15,20,26-27,35,43H,16-19H2,1-2H3,(H,41,44)/t20-,26-,27+,35+/m0/s1. The smallest absolute Gasteiger partial charge is 0.257 e. The first kappa shape index (κ1) is 33.2. The van der Waals surface area contributed by atoms with Gasteiger partial charge in [-0.05, 0) is 36.2 Å². The normalized spacial score (nSPS) is 18.8. The van der Waals surface area contributed by atoms with Crippen LogP contribution in [0.1, 0.15) is 70.0 Å². The lowest BCUT2D eigenvalue weighted by atomic mass is 9.99. The predicted octanol–water partition coefficient (Wildman–Crippen LogP) is 7.04. The Bertz CT molecular complexity index is 1630. The summed E-state index contributed by atoms with van der Waals surface area (Å²) in [6, 6.07) is 24.5. The number of ether oxygens (including phenoxy) is 2. The van der Waals surface area contributed by atoms with E-state index in [1.165, 1.54) is 5.56 Å². The fourth-order valence-corrected chi connectivity index (χ4v) is 5.37. The predicted molar refractivity (Wildman–Crippen MR) is 160 cm³/mol. The third kappa shape index (κ3) is 7.28. The number of hydrogen-bond donors (Lipinski definition) is 2. The van der Waals surface area contributed by atoms with Gasteiger partial charge >= 0.3 is 0 Å². The number of amides is 1. The van der Waals surface area contributed by atoms with Crippen LogP contribution in [0, 0.1) is 29.1 Å². The zero-order valence-corrected chi connectivity index (χ0v) is 25.2. The van der Waals surface area contributed by atoms with Crippen molar-refractivity contribution in [1.82, 2.24) is 10.2 Å². The second-order valence-electron chi connectivity index (χ2n) is 11.2. The second-order valence-corrected chi connectivity index (χ2v) is 11.2. The van der Waals surface area contributed by atoms with Crippen LogP contribution in [0.5, 0.6) is 0 Å². The van der Waals surface area contributed by atoms with Crippen LogP contribution in [0.2, 0.25) is 0 Å². The molecule has 1 amide bonds. The number of hydrogen-bond acceptors (Lipinski definition) is 5. The van der Waals surface area contributed by atoms with Gasteiger partial charge in [0.2, 0.25) is 5.82 Å². The molecule has 0 aliphatic carbocycles. The first-order chi connectivity index (χ1) is 22.1. The van der Waals surface area contributed by atoms with Crippen LogP contribution in [0.4, 0.5) is 22.0 Å². The fourth-order valence-electron chi connectivity index (χ4n) is 5.37. The number of halogens is 5. The van der Waals surface area contributed by atoms with Gasteiger partial charge in [0.1, 0.15) is 5.56 Å². The highest BCUT2D eigenvalue weighted by Gasteiger charge is 2.34. The van der Waals surface area contributed by atoms with Gasteiger partial charge in [-0.1, -0.05) is 78.9 Å². The van der Waals surface area contributed by atoms with E-state index >= 15 is 0 Å². The Balaban J connectivity index is 1.30. The van der Waals surface area contributed by atoms with E-state index in [0.717, 1.165) is 11.1 Å². The summed E-state index contributed by atoms with van der Waals surface area (Å²) in [7, 11) is 2.03. The third-order valence-electron chi connectivity index (χ3n) is 8.19. The third-order valence-corrected chi connectivity index (χ3v) is 8.19. The van der Waals surface area contributed by atoms with Crippen molar-refractivity contribution in [3.05, 3.63) is 141 Å². The van der Waals surface area contributed by atoms with Crippen LogP contribution >= 0.6 is 0 Å². The maximum Gasteiger partial charge on any atom is 0.257 e. The molecule has 1 aliphatic rings. The molecule has 1 saturated heterocycles. The van der Waals surface area contributed by atoms with Gasteiger partial charge in [-0.25, -0.2) is 22.0 Å². The number of aliphatic hydroxyl groups is 1. The zero-order chi connectivity index (χ0) is 33.0. The molecular weight excluding hydrogens is 607 g/mol. The number of carbonyl (C=O) groups is 1. The highest BCUT2D eigenvalue weighted by molar-refractivity contribution is 5.94. The molecule has 0 bridgehead atoms. The van der Waals surface area contributed by atoms with Crippen molar-refractivity contribution in [2.24, 2.45) is 0 Å². The molecule has 2 N–H and O–H groups in total. The molecule has 0 unspecified atom stereocenters. The van der Waals surface area contributed by atoms with Crippen molar-refractivity contribution in [2.45, 2.75) is 51.0 Å². The minimum atomic E-state index is -2.33. The minimum Gasteiger partial charge on any atom is -0.392 e. The molecule has 46 heavy (non-hydrogen) atoms. The van der Waals surface area contributed by atoms with E-state index in [0.29, 0.717) is 24.1 Å². The molecule has 4 atom stereocenters. The Kier molecular flexibility index (Phi) is 10.5. The summed E-state index contributed by atoms with van der Waals surface area (Å²) in [5, 5.41) is 11.7. The summed E-state index contributed by atoms with van der Waals surface area (Å²) < 4.78 is 81.4. The van der Waals surface area contributed by atoms with E-state index in [9.17, 15) is 31.9 Å². The Morgan fingerprint density at radius 1 is 0.826 bits per heavy atom. The monoisotopic (exact) mass is 640 g/mol. The van der Waals surface area contributed by atoms with Crippen LogP contribution in [0.15, 0.2) is 78.9 Å². The lowest BCUT2D eigenvalue weighted by Gasteiger charge is -2.39. The lowest BCUT2D eigenvalue weighted by molar-refractivity contribution is -0.253. The fraction of sp³-hybridized carbons (Fsp3) is 0.286. The van der Waals surface area contributed by atoms with Crippen molar-refractivity contribution >= 4 is 5.91 Å². The molecule has 6 nitrogen and oxygen atoms in total. The molecular formula is C35H33F5N2O4. The Morgan fingerprint density at radius 3 is 2.00 bits per heavy atom. The first-order valence-corrected chi connectivity index (χ1v) is 14.7. The van der Waals surface area contributed by atoms with Crippen molar-refractivity contribution in [3.8, 4) is 0 Å². The number of carbonyl (C=O) groups excluding carboxylic acids is 1. The summed E-state index contributed by atoms with van der Waals surface area (Å²) in [5.74, 6) is -12.6. The molecule has 0 aromatic heterocycles. The van der Waals surface area contributed by atoms with Gasteiger partial charge < -0.3 is 19.9 Å². The first-order valence-electron chi connectivity index (χ1n) is 14.7. The Hall–Kier alpha value is -4.16. The van der Waals surface area contributed by atoms with E-state index in [1.807, 2.05) is 49.5 Å². The van der Waals surface area contributed by atoms with Crippen LogP contribution in [0.25, 0.3) is 0 Å². The maximum absolute atomic E-state index is 14.0. The van der Waals surface area contributed by atoms with Crippen LogP contribution in [0.3, 0.4) is 0 Å². The van der Waals surface area contributed by atoms with E-state index in [4.69, 9.17) is 9.47 Å². The van der Waals surface area contributed by atoms with Gasteiger partial charge in [0, 0.05) is 31.1 Å². The molecule has 242 valence electrons. The number of aliphatic hydroxyl groups excluding tert-OH is 1. The molecule has 1 aliphatic heterocycles. The topological polar surface area (TPSA) is 71.0 Å². The van der Waals surface area contributed by atoms with Crippen LogP contribution in [-0.2, 0) is 22.6 Å². The van der Waals surface area contributed by atoms with Gasteiger partial charge in [-0.3, -0.25) is 9.69 Å². The van der Waals surface area contributed by atoms with Gasteiger partial charge in [0.05, 0.1) is 18.8 Å². The molecule has 5 rings (SSSR count). The largest absolute Gasteiger partial charge is 0.392 e. The maximum atomic E-state index is 14.0. The van der Waals surface area contributed by atoms with E-state index in [-0.39, 0.29) is 31.4 Å². The highest BCUT2D eigenvalue weighted by atomic mass is 19.2. The number of likely N-dealkylation sites (N-methyl/N-ethyl adjacent to an activating group) is 1. The summed E-state index contributed by atoms with van der Waals surface area (Å²) in [5.41, 5.74) is 2.52. The van der Waals surface area contributed by atoms with E-state index < -0.39 is 46.8 Å². The number of benzene rings is 4. The summed E-state index contributed by atoms with van der Waals surface area (Å²) in [6.07, 6.45) is -0.684. The zero-order valence-electron chi connectivity index (χ0n) is 25.2. The molecule has 4 aromatic carbocycles. The van der Waals surface area contributed by atoms with Gasteiger partial charge in [0.15, 0.2) is 29.6 Å². The van der Waals surface area contributed by atoms with E-state index in [1.54, 1.807) is 24.3 Å². The van der Waals surface area contributed by atoms with Gasteiger partial charge in [-0.15, -0.1) is 0 Å². The second kappa shape index (κ2) is 14.5. The summed E-state index contributed by atoms with van der Waals surface area (Å²) >= 11 is 0. The van der Waals surface area contributed by atoms with Crippen molar-refractivity contribution in [1.29, 1.82) is 0 Å². The molecule has 1 heterocycles. The van der Waals surface area contributed by atoms with Crippen molar-refractivity contribution in [3.63, 3.8) is 0 Å². The molecule has 0 radical (unpaired) electrons. The lowest BCUT2D eigenvalue weighted by Crippen LogP contribution is -2.38. The molecule has 1 fully saturated rings. The Morgan fingerprint density at radius 2 is 1.39 bits per heavy atom. The summed E-state index contributed by atoms with van der Waals surface area (Å²) in [6.45, 7) is 2.43. The van der Waals surface area contributed by atoms with Crippen LogP contribution in [-0.4, -0.2) is 35.6 Å². The number of nitrogens with zero attached hydrogens (tertiary/aromatic N) is 1. The van der Waals surface area contributed by atoms with Crippen LogP contribution < -0.4 is 5.32 Å². The number of rotatable bonds is 10. The number of nitrogens with one attached hydrogen (secondary N) is 1. The quantitative estimate of drug-likeness (QED) is 0.111. The average molecular weight is 641 g/mol. The van der Waals surface area contributed by atoms with Crippen molar-refractivity contribution < 1.29 is 41.3 Å². The van der Waals surface area contributed by atoms with E-state index in [2.05, 4.69) is 29.3 Å². The molecule has 11 heteroatoms. The molecule has 4 aromatic rings. The Labute approximate surface area is 263 Å². The SMILES string of the molecule is C[C@@H](c1ccccc1)N(C)C[C@@H]1C[C@H](c2ccc(CO)cc2)O[C@H](c2ccc(CNC(=O)c3c(F)c(F)c(F)c(F)c3F)cc2)O1. The average Bonchev–Trinajstić information content (AvgIpc) is 3.09. The van der Waals surface area contributed by atoms with Crippen molar-refractivity contribution in [2.75, 3.05) is 13.6 Å². The van der Waals surface area contributed by atoms with Gasteiger partial charge in [0.25, 0.3) is 5.91 Å². The highest BCUT2D eigenvalue weighted by Crippen LogP contribution is 2.38.